The smallest absolute Gasteiger partial charge is 0.243 e. The highest BCUT2D eigenvalue weighted by Crippen LogP contribution is 2.29. The zero-order valence-electron chi connectivity index (χ0n) is 15.6. The van der Waals surface area contributed by atoms with E-state index in [1.807, 2.05) is 13.8 Å². The van der Waals surface area contributed by atoms with Crippen molar-refractivity contribution in [3.8, 4) is 5.75 Å². The van der Waals surface area contributed by atoms with Gasteiger partial charge >= 0.3 is 0 Å². The number of benzene rings is 1. The number of hydrogen-bond donors (Lipinski definition) is 2. The Morgan fingerprint density at radius 1 is 1.33 bits per heavy atom. The number of halogens is 1. The summed E-state index contributed by atoms with van der Waals surface area (Å²) in [5, 5.41) is 2.70. The molecule has 3 N–H and O–H groups in total. The van der Waals surface area contributed by atoms with Crippen molar-refractivity contribution in [3.63, 3.8) is 0 Å². The van der Waals surface area contributed by atoms with E-state index in [0.717, 1.165) is 6.42 Å². The van der Waals surface area contributed by atoms with Crippen molar-refractivity contribution in [1.29, 1.82) is 0 Å². The van der Waals surface area contributed by atoms with E-state index >= 15 is 0 Å². The van der Waals surface area contributed by atoms with Crippen LogP contribution in [-0.2, 0) is 19.6 Å². The number of hydrogen-bond acceptors (Lipinski definition) is 6. The summed E-state index contributed by atoms with van der Waals surface area (Å²) in [5.41, 5.74) is 6.15. The van der Waals surface area contributed by atoms with Crippen molar-refractivity contribution >= 4 is 34.0 Å². The van der Waals surface area contributed by atoms with Crippen LogP contribution in [0.5, 0.6) is 5.75 Å². The standard InChI is InChI=1S/C17H27N3O5S.ClH/c1-3-5-14(18)17(21)19-15-12-13(6-7-16(15)25-4-2)26(22,23)20-8-10-24-11-9-20;/h6-7,12,14H,3-5,8-11,18H2,1-2H3,(H,19,21);1H. The molecule has 0 aromatic heterocycles. The molecule has 0 spiro atoms. The average molecular weight is 422 g/mol. The lowest BCUT2D eigenvalue weighted by Gasteiger charge is -2.26. The van der Waals surface area contributed by atoms with Gasteiger partial charge in [0.05, 0.1) is 36.4 Å². The van der Waals surface area contributed by atoms with Crippen LogP contribution < -0.4 is 15.8 Å². The lowest BCUT2D eigenvalue weighted by atomic mass is 10.1. The van der Waals surface area contributed by atoms with Crippen molar-refractivity contribution in [1.82, 2.24) is 4.31 Å². The molecule has 154 valence electrons. The first kappa shape index (κ1) is 23.6. The number of nitrogens with two attached hydrogens (primary N) is 1. The van der Waals surface area contributed by atoms with E-state index in [9.17, 15) is 13.2 Å². The van der Waals surface area contributed by atoms with Crippen molar-refractivity contribution in [2.24, 2.45) is 5.73 Å². The minimum absolute atomic E-state index is 0. The van der Waals surface area contributed by atoms with Gasteiger partial charge in [-0.1, -0.05) is 13.3 Å². The second-order valence-electron chi connectivity index (χ2n) is 5.99. The monoisotopic (exact) mass is 421 g/mol. The van der Waals surface area contributed by atoms with Gasteiger partial charge in [-0.25, -0.2) is 8.42 Å². The molecule has 1 atom stereocenters. The predicted octanol–water partition coefficient (Wildman–Crippen LogP) is 1.59. The normalized spacial score (nSPS) is 16.3. The Morgan fingerprint density at radius 2 is 2.00 bits per heavy atom. The van der Waals surface area contributed by atoms with E-state index in [-0.39, 0.29) is 23.2 Å². The third kappa shape index (κ3) is 6.05. The second-order valence-corrected chi connectivity index (χ2v) is 7.93. The lowest BCUT2D eigenvalue weighted by Crippen LogP contribution is -2.40. The summed E-state index contributed by atoms with van der Waals surface area (Å²) in [6.45, 7) is 5.48. The van der Waals surface area contributed by atoms with Gasteiger partial charge in [-0.2, -0.15) is 4.31 Å². The maximum absolute atomic E-state index is 12.8. The molecule has 27 heavy (non-hydrogen) atoms. The first-order chi connectivity index (χ1) is 12.4. The summed E-state index contributed by atoms with van der Waals surface area (Å²) in [4.78, 5) is 12.4. The molecule has 1 aliphatic heterocycles. The van der Waals surface area contributed by atoms with Gasteiger partial charge in [0.1, 0.15) is 5.75 Å². The van der Waals surface area contributed by atoms with Gasteiger partial charge < -0.3 is 20.5 Å². The number of sulfonamides is 1. The highest BCUT2D eigenvalue weighted by molar-refractivity contribution is 7.89. The van der Waals surface area contributed by atoms with Gasteiger partial charge in [-0.15, -0.1) is 12.4 Å². The van der Waals surface area contributed by atoms with Crippen LogP contribution in [0.4, 0.5) is 5.69 Å². The summed E-state index contributed by atoms with van der Waals surface area (Å²) < 4.78 is 37.7. The molecule has 1 amide bonds. The zero-order chi connectivity index (χ0) is 19.2. The summed E-state index contributed by atoms with van der Waals surface area (Å²) in [6.07, 6.45) is 1.32. The molecule has 0 bridgehead atoms. The van der Waals surface area contributed by atoms with Gasteiger partial charge in [0.2, 0.25) is 15.9 Å². The maximum Gasteiger partial charge on any atom is 0.243 e. The average Bonchev–Trinajstić information content (AvgIpc) is 2.64. The van der Waals surface area contributed by atoms with Crippen LogP contribution >= 0.6 is 12.4 Å². The zero-order valence-corrected chi connectivity index (χ0v) is 17.3. The summed E-state index contributed by atoms with van der Waals surface area (Å²) in [6, 6.07) is 3.80. The van der Waals surface area contributed by atoms with Crippen LogP contribution in [0.1, 0.15) is 26.7 Å². The molecule has 1 heterocycles. The van der Waals surface area contributed by atoms with Gasteiger partial charge in [0.25, 0.3) is 0 Å². The number of carbonyl (C=O) groups is 1. The molecule has 1 aromatic rings. The third-order valence-electron chi connectivity index (χ3n) is 4.05. The first-order valence-electron chi connectivity index (χ1n) is 8.81. The molecule has 0 aliphatic carbocycles. The number of amides is 1. The largest absolute Gasteiger partial charge is 0.492 e. The fourth-order valence-corrected chi connectivity index (χ4v) is 4.09. The van der Waals surface area contributed by atoms with Crippen LogP contribution in [0.15, 0.2) is 23.1 Å². The first-order valence-corrected chi connectivity index (χ1v) is 10.2. The third-order valence-corrected chi connectivity index (χ3v) is 5.95. The van der Waals surface area contributed by atoms with E-state index in [0.29, 0.717) is 50.8 Å². The maximum atomic E-state index is 12.8. The Labute approximate surface area is 166 Å². The Balaban J connectivity index is 0.00000364. The van der Waals surface area contributed by atoms with Gasteiger partial charge in [-0.05, 0) is 31.5 Å². The number of anilines is 1. The number of nitrogens with one attached hydrogen (secondary N) is 1. The highest BCUT2D eigenvalue weighted by Gasteiger charge is 2.27. The SMILES string of the molecule is CCCC(N)C(=O)Nc1cc(S(=O)(=O)N2CCOCC2)ccc1OCC.Cl. The summed E-state index contributed by atoms with van der Waals surface area (Å²) in [7, 11) is -3.67. The number of morpholine rings is 1. The van der Waals surface area contributed by atoms with Crippen molar-refractivity contribution < 1.29 is 22.7 Å². The van der Waals surface area contributed by atoms with E-state index in [2.05, 4.69) is 5.32 Å². The molecular weight excluding hydrogens is 394 g/mol. The summed E-state index contributed by atoms with van der Waals surface area (Å²) >= 11 is 0. The Kier molecular flexibility index (Phi) is 9.48. The summed E-state index contributed by atoms with van der Waals surface area (Å²) in [5.74, 6) is 0.0409. The molecule has 10 heteroatoms. The molecule has 8 nitrogen and oxygen atoms in total. The van der Waals surface area contributed by atoms with Crippen LogP contribution in [-0.4, -0.2) is 57.6 Å². The topological polar surface area (TPSA) is 111 Å². The Morgan fingerprint density at radius 3 is 2.59 bits per heavy atom. The second kappa shape index (κ2) is 10.8. The van der Waals surface area contributed by atoms with Crippen molar-refractivity contribution in [2.45, 2.75) is 37.6 Å². The number of nitrogens with zero attached hydrogens (tertiary/aromatic N) is 1. The molecule has 1 saturated heterocycles. The van der Waals surface area contributed by atoms with E-state index in [1.165, 1.54) is 16.4 Å². The molecule has 0 radical (unpaired) electrons. The van der Waals surface area contributed by atoms with E-state index in [1.54, 1.807) is 6.07 Å². The molecule has 1 unspecified atom stereocenters. The van der Waals surface area contributed by atoms with Gasteiger partial charge in [-0.3, -0.25) is 4.79 Å². The molecule has 1 aromatic carbocycles. The fraction of sp³-hybridized carbons (Fsp3) is 0.588. The van der Waals surface area contributed by atoms with Crippen molar-refractivity contribution in [3.05, 3.63) is 18.2 Å². The minimum atomic E-state index is -3.67. The van der Waals surface area contributed by atoms with Crippen molar-refractivity contribution in [2.75, 3.05) is 38.2 Å². The van der Waals surface area contributed by atoms with Gasteiger partial charge in [0.15, 0.2) is 0 Å². The fourth-order valence-electron chi connectivity index (χ4n) is 2.65. The minimum Gasteiger partial charge on any atom is -0.492 e. The van der Waals surface area contributed by atoms with Crippen LogP contribution in [0.25, 0.3) is 0 Å². The lowest BCUT2D eigenvalue weighted by molar-refractivity contribution is -0.117. The molecule has 2 rings (SSSR count). The van der Waals surface area contributed by atoms with E-state index in [4.69, 9.17) is 15.2 Å². The highest BCUT2D eigenvalue weighted by atomic mass is 35.5. The number of carbonyl (C=O) groups excluding carboxylic acids is 1. The van der Waals surface area contributed by atoms with Crippen LogP contribution in [0, 0.1) is 0 Å². The molecular formula is C17H28ClN3O5S. The molecule has 1 fully saturated rings. The van der Waals surface area contributed by atoms with Crippen LogP contribution in [0.3, 0.4) is 0 Å². The van der Waals surface area contributed by atoms with E-state index < -0.39 is 16.1 Å². The predicted molar refractivity (Wildman–Crippen MR) is 106 cm³/mol. The van der Waals surface area contributed by atoms with Crippen LogP contribution in [0.2, 0.25) is 0 Å². The van der Waals surface area contributed by atoms with Gasteiger partial charge in [0, 0.05) is 13.1 Å². The molecule has 0 saturated carbocycles. The number of ether oxygens (including phenoxy) is 2. The quantitative estimate of drug-likeness (QED) is 0.659. The Hall–Kier alpha value is -1.39. The Bertz CT molecular complexity index is 723. The number of rotatable bonds is 8. The molecule has 1 aliphatic rings.